The summed E-state index contributed by atoms with van der Waals surface area (Å²) in [5.41, 5.74) is -0.218. The average Bonchev–Trinajstić information content (AvgIpc) is 2.73. The zero-order chi connectivity index (χ0) is 26.1. The third kappa shape index (κ3) is 8.88. The minimum Gasteiger partial charge on any atom is -0.508 e. The summed E-state index contributed by atoms with van der Waals surface area (Å²) in [5.74, 6) is -0.907. The van der Waals surface area contributed by atoms with E-state index in [1.807, 2.05) is 34.6 Å². The fourth-order valence-electron chi connectivity index (χ4n) is 3.58. The highest BCUT2D eigenvalue weighted by molar-refractivity contribution is 5.92. The van der Waals surface area contributed by atoms with E-state index in [4.69, 9.17) is 4.74 Å². The predicted octanol–water partition coefficient (Wildman–Crippen LogP) is 4.53. The molecule has 0 saturated carbocycles. The van der Waals surface area contributed by atoms with E-state index in [-0.39, 0.29) is 29.5 Å². The number of benzene rings is 1. The number of aromatic hydroxyl groups is 1. The number of alkyl carbamates (subject to hydrolysis) is 1. The Labute approximate surface area is 204 Å². The first kappa shape index (κ1) is 29.3. The number of carbonyl (C=O) groups excluding carboxylic acids is 3. The van der Waals surface area contributed by atoms with Crippen molar-refractivity contribution in [1.29, 1.82) is 0 Å². The molecule has 0 aliphatic carbocycles. The van der Waals surface area contributed by atoms with Crippen LogP contribution in [-0.4, -0.2) is 52.1 Å². The second-order valence-electron chi connectivity index (χ2n) is 9.99. The molecule has 1 aromatic rings. The van der Waals surface area contributed by atoms with Gasteiger partial charge in [-0.1, -0.05) is 45.7 Å². The Balaban J connectivity index is 3.43. The maximum absolute atomic E-state index is 13.9. The molecule has 8 nitrogen and oxygen atoms in total. The number of nitrogens with one attached hydrogen (secondary N) is 2. The lowest BCUT2D eigenvalue weighted by atomic mass is 9.94. The van der Waals surface area contributed by atoms with Gasteiger partial charge in [0.2, 0.25) is 11.8 Å². The van der Waals surface area contributed by atoms with Gasteiger partial charge in [0, 0.05) is 12.6 Å². The highest BCUT2D eigenvalue weighted by atomic mass is 16.6. The number of rotatable bonds is 11. The molecule has 34 heavy (non-hydrogen) atoms. The van der Waals surface area contributed by atoms with Gasteiger partial charge in [0.25, 0.3) is 0 Å². The molecule has 0 saturated heterocycles. The monoisotopic (exact) mass is 477 g/mol. The highest BCUT2D eigenvalue weighted by Crippen LogP contribution is 2.28. The van der Waals surface area contributed by atoms with Gasteiger partial charge < -0.3 is 25.4 Å². The van der Waals surface area contributed by atoms with E-state index in [9.17, 15) is 19.5 Å². The Kier molecular flexibility index (Phi) is 11.4. The van der Waals surface area contributed by atoms with Gasteiger partial charge in [0.1, 0.15) is 23.4 Å². The van der Waals surface area contributed by atoms with Gasteiger partial charge in [-0.25, -0.2) is 4.79 Å². The summed E-state index contributed by atoms with van der Waals surface area (Å²) in [7, 11) is 0. The van der Waals surface area contributed by atoms with Gasteiger partial charge in [-0.3, -0.25) is 9.59 Å². The van der Waals surface area contributed by atoms with Crippen molar-refractivity contribution in [3.8, 4) is 5.75 Å². The molecule has 0 spiro atoms. The van der Waals surface area contributed by atoms with Crippen molar-refractivity contribution in [3.05, 3.63) is 29.8 Å². The van der Waals surface area contributed by atoms with Crippen molar-refractivity contribution in [2.45, 2.75) is 98.4 Å². The van der Waals surface area contributed by atoms with Gasteiger partial charge in [-0.2, -0.15) is 0 Å². The van der Waals surface area contributed by atoms with Crippen LogP contribution in [0, 0.1) is 5.92 Å². The molecular formula is C26H43N3O5. The summed E-state index contributed by atoms with van der Waals surface area (Å²) in [6.07, 6.45) is 1.68. The third-order valence-corrected chi connectivity index (χ3v) is 5.50. The van der Waals surface area contributed by atoms with Crippen LogP contribution in [0.1, 0.15) is 86.3 Å². The molecule has 8 heteroatoms. The molecule has 192 valence electrons. The van der Waals surface area contributed by atoms with Crippen LogP contribution in [0.2, 0.25) is 0 Å². The van der Waals surface area contributed by atoms with Crippen molar-refractivity contribution >= 4 is 17.9 Å². The van der Waals surface area contributed by atoms with Crippen LogP contribution in [0.15, 0.2) is 24.3 Å². The highest BCUT2D eigenvalue weighted by Gasteiger charge is 2.39. The van der Waals surface area contributed by atoms with Gasteiger partial charge in [0.05, 0.1) is 0 Å². The molecule has 0 aliphatic rings. The Morgan fingerprint density at radius 1 is 1.12 bits per heavy atom. The Morgan fingerprint density at radius 3 is 2.26 bits per heavy atom. The maximum atomic E-state index is 13.9. The molecule has 3 amide bonds. The number of phenolic OH excluding ortho intramolecular Hbond substituents is 1. The summed E-state index contributed by atoms with van der Waals surface area (Å²) in [4.78, 5) is 41.3. The molecule has 1 rings (SSSR count). The van der Waals surface area contributed by atoms with Crippen molar-refractivity contribution < 1.29 is 24.2 Å². The Morgan fingerprint density at radius 2 is 1.76 bits per heavy atom. The van der Waals surface area contributed by atoms with Crippen molar-refractivity contribution in [2.24, 2.45) is 5.92 Å². The van der Waals surface area contributed by atoms with Crippen LogP contribution in [0.25, 0.3) is 0 Å². The number of carbonyl (C=O) groups is 3. The lowest BCUT2D eigenvalue weighted by Crippen LogP contribution is -2.57. The van der Waals surface area contributed by atoms with Gasteiger partial charge in [-0.05, 0) is 64.7 Å². The molecule has 0 aliphatic heterocycles. The van der Waals surface area contributed by atoms with Crippen molar-refractivity contribution in [1.82, 2.24) is 15.5 Å². The smallest absolute Gasteiger partial charge is 0.408 e. The number of nitrogens with zero attached hydrogens (tertiary/aromatic N) is 1. The van der Waals surface area contributed by atoms with E-state index in [2.05, 4.69) is 10.6 Å². The van der Waals surface area contributed by atoms with Crippen LogP contribution in [0.5, 0.6) is 5.75 Å². The molecule has 0 heterocycles. The number of phenols is 1. The van der Waals surface area contributed by atoms with E-state index in [1.165, 1.54) is 17.0 Å². The molecule has 0 fully saturated rings. The number of ether oxygens (including phenoxy) is 1. The van der Waals surface area contributed by atoms with Gasteiger partial charge in [-0.15, -0.1) is 0 Å². The fraction of sp³-hybridized carbons (Fsp3) is 0.654. The van der Waals surface area contributed by atoms with Crippen molar-refractivity contribution in [2.75, 3.05) is 6.54 Å². The lowest BCUT2D eigenvalue weighted by molar-refractivity contribution is -0.145. The quantitative estimate of drug-likeness (QED) is 0.406. The lowest BCUT2D eigenvalue weighted by Gasteiger charge is -2.38. The predicted molar refractivity (Wildman–Crippen MR) is 133 cm³/mol. The summed E-state index contributed by atoms with van der Waals surface area (Å²) < 4.78 is 5.39. The molecule has 0 bridgehead atoms. The van der Waals surface area contributed by atoms with E-state index in [0.29, 0.717) is 18.5 Å². The first-order valence-corrected chi connectivity index (χ1v) is 12.2. The van der Waals surface area contributed by atoms with E-state index in [0.717, 1.165) is 12.8 Å². The molecule has 3 N–H and O–H groups in total. The van der Waals surface area contributed by atoms with E-state index >= 15 is 0 Å². The van der Waals surface area contributed by atoms with Crippen LogP contribution < -0.4 is 10.6 Å². The Hall–Kier alpha value is -2.77. The standard InChI is InChI=1S/C26H43N3O5/c1-9-11-15-27-23(31)22(19-13-12-14-20(30)16-19)29(17(3)4)24(32)21(18(5)10-2)28-25(33)34-26(6,7)8/h12-14,16-18,21-22,30H,9-11,15H2,1-8H3,(H,27,31)(H,28,33). The third-order valence-electron chi connectivity index (χ3n) is 5.50. The van der Waals surface area contributed by atoms with Crippen LogP contribution in [0.3, 0.4) is 0 Å². The molecule has 0 aromatic heterocycles. The summed E-state index contributed by atoms with van der Waals surface area (Å²) in [6, 6.07) is 4.16. The minimum atomic E-state index is -0.969. The number of hydrogen-bond acceptors (Lipinski definition) is 5. The van der Waals surface area contributed by atoms with Crippen LogP contribution >= 0.6 is 0 Å². The molecule has 3 unspecified atom stereocenters. The SMILES string of the molecule is CCCCNC(=O)C(c1cccc(O)c1)N(C(=O)C(NC(=O)OC(C)(C)C)C(C)CC)C(C)C. The summed E-state index contributed by atoms with van der Waals surface area (Å²) in [6.45, 7) is 15.2. The van der Waals surface area contributed by atoms with E-state index < -0.39 is 23.8 Å². The van der Waals surface area contributed by atoms with Gasteiger partial charge in [0.15, 0.2) is 0 Å². The summed E-state index contributed by atoms with van der Waals surface area (Å²) >= 11 is 0. The molecule has 0 radical (unpaired) electrons. The first-order valence-electron chi connectivity index (χ1n) is 12.2. The largest absolute Gasteiger partial charge is 0.508 e. The van der Waals surface area contributed by atoms with Crippen LogP contribution in [0.4, 0.5) is 4.79 Å². The second-order valence-corrected chi connectivity index (χ2v) is 9.99. The number of unbranched alkanes of at least 4 members (excludes halogenated alkanes) is 1. The minimum absolute atomic E-state index is 0.00497. The Bertz CT molecular complexity index is 819. The molecule has 1 aromatic carbocycles. The van der Waals surface area contributed by atoms with Gasteiger partial charge >= 0.3 is 6.09 Å². The first-order chi connectivity index (χ1) is 15.8. The van der Waals surface area contributed by atoms with E-state index in [1.54, 1.807) is 32.9 Å². The average molecular weight is 478 g/mol. The topological polar surface area (TPSA) is 108 Å². The number of amides is 3. The second kappa shape index (κ2) is 13.2. The van der Waals surface area contributed by atoms with Crippen molar-refractivity contribution in [3.63, 3.8) is 0 Å². The maximum Gasteiger partial charge on any atom is 0.408 e. The molecular weight excluding hydrogens is 434 g/mol. The summed E-state index contributed by atoms with van der Waals surface area (Å²) in [5, 5.41) is 15.7. The number of hydrogen-bond donors (Lipinski definition) is 3. The van der Waals surface area contributed by atoms with Crippen LogP contribution in [-0.2, 0) is 14.3 Å². The molecule has 3 atom stereocenters. The zero-order valence-corrected chi connectivity index (χ0v) is 22.0. The fourth-order valence-corrected chi connectivity index (χ4v) is 3.58. The normalized spacial score (nSPS) is 14.1. The zero-order valence-electron chi connectivity index (χ0n) is 22.0.